The first kappa shape index (κ1) is 17.1. The predicted molar refractivity (Wildman–Crippen MR) is 89.5 cm³/mol. The van der Waals surface area contributed by atoms with Crippen molar-refractivity contribution >= 4 is 17.3 Å². The lowest BCUT2D eigenvalue weighted by atomic mass is 10.2. The summed E-state index contributed by atoms with van der Waals surface area (Å²) in [5.74, 6) is -0.187. The number of quaternary nitrogens is 1. The molecule has 1 saturated heterocycles. The molecule has 2 rings (SSSR count). The van der Waals surface area contributed by atoms with Crippen LogP contribution in [0.25, 0.3) is 0 Å². The molecule has 0 unspecified atom stereocenters. The average molecular weight is 326 g/mol. The van der Waals surface area contributed by atoms with Crippen LogP contribution in [0.5, 0.6) is 0 Å². The van der Waals surface area contributed by atoms with Gasteiger partial charge in [-0.2, -0.15) is 0 Å². The highest BCUT2D eigenvalue weighted by Gasteiger charge is 2.13. The summed E-state index contributed by atoms with van der Waals surface area (Å²) in [5, 5.41) is 3.92. The van der Waals surface area contributed by atoms with E-state index in [0.717, 1.165) is 45.8 Å². The Morgan fingerprint density at radius 2 is 2.09 bits per heavy atom. The number of hydrogen-bond acceptors (Lipinski definition) is 2. The maximum Gasteiger partial charge on any atom is 0.168 e. The van der Waals surface area contributed by atoms with Gasteiger partial charge in [-0.05, 0) is 18.3 Å². The van der Waals surface area contributed by atoms with E-state index >= 15 is 0 Å². The smallest absolute Gasteiger partial charge is 0.168 e. The summed E-state index contributed by atoms with van der Waals surface area (Å²) in [6.45, 7) is 6.39. The van der Waals surface area contributed by atoms with Gasteiger partial charge in [0.15, 0.2) is 5.11 Å². The Hall–Kier alpha value is -1.24. The number of nitrogens with zero attached hydrogens (tertiary/aromatic N) is 1. The van der Waals surface area contributed by atoms with E-state index < -0.39 is 0 Å². The number of halogens is 1. The van der Waals surface area contributed by atoms with E-state index in [1.165, 1.54) is 6.07 Å². The van der Waals surface area contributed by atoms with Gasteiger partial charge in [0.25, 0.3) is 0 Å². The Kier molecular flexibility index (Phi) is 7.02. The van der Waals surface area contributed by atoms with E-state index in [1.54, 1.807) is 17.0 Å². The molecule has 0 radical (unpaired) electrons. The molecule has 122 valence electrons. The molecule has 0 aromatic heterocycles. The van der Waals surface area contributed by atoms with Gasteiger partial charge in [-0.15, -0.1) is 0 Å². The highest BCUT2D eigenvalue weighted by molar-refractivity contribution is 7.80. The van der Waals surface area contributed by atoms with Crippen LogP contribution in [0.15, 0.2) is 24.3 Å². The third-order valence-corrected chi connectivity index (χ3v) is 4.35. The Balaban J connectivity index is 1.65. The molecular weight excluding hydrogens is 301 g/mol. The molecular formula is C16H25FN3OS+. The monoisotopic (exact) mass is 326 g/mol. The third-order valence-electron chi connectivity index (χ3n) is 3.90. The van der Waals surface area contributed by atoms with Crippen LogP contribution in [0.1, 0.15) is 12.0 Å². The maximum absolute atomic E-state index is 13.6. The molecule has 1 fully saturated rings. The van der Waals surface area contributed by atoms with Gasteiger partial charge >= 0.3 is 0 Å². The number of rotatable bonds is 6. The van der Waals surface area contributed by atoms with Crippen molar-refractivity contribution in [3.05, 3.63) is 35.6 Å². The van der Waals surface area contributed by atoms with Crippen molar-refractivity contribution in [3.63, 3.8) is 0 Å². The second-order valence-corrected chi connectivity index (χ2v) is 6.03. The van der Waals surface area contributed by atoms with Gasteiger partial charge in [0.1, 0.15) is 18.9 Å². The maximum atomic E-state index is 13.6. The van der Waals surface area contributed by atoms with Crippen molar-refractivity contribution in [3.8, 4) is 0 Å². The van der Waals surface area contributed by atoms with Gasteiger partial charge in [0, 0.05) is 32.1 Å². The van der Waals surface area contributed by atoms with Crippen molar-refractivity contribution < 1.29 is 14.0 Å². The minimum Gasteiger partial charge on any atom is -0.370 e. The van der Waals surface area contributed by atoms with E-state index in [-0.39, 0.29) is 5.82 Å². The van der Waals surface area contributed by atoms with Gasteiger partial charge in [0.05, 0.1) is 19.8 Å². The molecule has 0 bridgehead atoms. The molecule has 2 N–H and O–H groups in total. The minimum absolute atomic E-state index is 0.187. The fourth-order valence-corrected chi connectivity index (χ4v) is 2.70. The molecule has 0 aliphatic carbocycles. The van der Waals surface area contributed by atoms with Crippen molar-refractivity contribution in [2.24, 2.45) is 0 Å². The van der Waals surface area contributed by atoms with E-state index in [9.17, 15) is 4.39 Å². The van der Waals surface area contributed by atoms with Gasteiger partial charge < -0.3 is 19.9 Å². The van der Waals surface area contributed by atoms with Crippen molar-refractivity contribution in [2.75, 3.05) is 46.4 Å². The highest BCUT2D eigenvalue weighted by atomic mass is 32.1. The first-order valence-electron chi connectivity index (χ1n) is 7.80. The Labute approximate surface area is 137 Å². The van der Waals surface area contributed by atoms with Crippen LogP contribution < -0.4 is 10.2 Å². The standard InChI is InChI=1S/C16H24FN3OS/c1-19(13-14-5-2-3-6-15(14)17)16(22)18-7-4-8-20-9-11-21-12-10-20/h2-3,5-6H,4,7-13H2,1H3,(H,18,22)/p+1. The van der Waals surface area contributed by atoms with Crippen molar-refractivity contribution in [2.45, 2.75) is 13.0 Å². The predicted octanol–water partition coefficient (Wildman–Crippen LogP) is 0.437. The molecule has 0 amide bonds. The molecule has 0 spiro atoms. The highest BCUT2D eigenvalue weighted by Crippen LogP contribution is 2.08. The van der Waals surface area contributed by atoms with E-state index in [1.807, 2.05) is 18.0 Å². The molecule has 1 aromatic rings. The Morgan fingerprint density at radius 1 is 1.36 bits per heavy atom. The van der Waals surface area contributed by atoms with Gasteiger partial charge in [-0.3, -0.25) is 0 Å². The third kappa shape index (κ3) is 5.51. The number of morpholine rings is 1. The SMILES string of the molecule is CN(Cc1ccccc1F)C(=S)NCCC[NH+]1CCOCC1. The second-order valence-electron chi connectivity index (χ2n) is 5.65. The second kappa shape index (κ2) is 9.02. The van der Waals surface area contributed by atoms with Crippen LogP contribution in [-0.2, 0) is 11.3 Å². The first-order valence-corrected chi connectivity index (χ1v) is 8.21. The Bertz CT molecular complexity index is 480. The van der Waals surface area contributed by atoms with Gasteiger partial charge in [0.2, 0.25) is 0 Å². The summed E-state index contributed by atoms with van der Waals surface area (Å²) in [6, 6.07) is 6.80. The van der Waals surface area contributed by atoms with Crippen LogP contribution in [0.2, 0.25) is 0 Å². The molecule has 0 atom stereocenters. The minimum atomic E-state index is -0.187. The summed E-state index contributed by atoms with van der Waals surface area (Å²) < 4.78 is 19.0. The van der Waals surface area contributed by atoms with E-state index in [2.05, 4.69) is 5.32 Å². The number of ether oxygens (including phenoxy) is 1. The summed E-state index contributed by atoms with van der Waals surface area (Å²) >= 11 is 5.35. The quantitative estimate of drug-likeness (QED) is 0.586. The molecule has 1 aromatic carbocycles. The molecule has 4 nitrogen and oxygen atoms in total. The summed E-state index contributed by atoms with van der Waals surface area (Å²) in [5.41, 5.74) is 0.659. The number of benzene rings is 1. The molecule has 6 heteroatoms. The van der Waals surface area contributed by atoms with Crippen LogP contribution >= 0.6 is 12.2 Å². The number of hydrogen-bond donors (Lipinski definition) is 2. The van der Waals surface area contributed by atoms with E-state index in [4.69, 9.17) is 17.0 Å². The molecule has 1 aliphatic heterocycles. The largest absolute Gasteiger partial charge is 0.370 e. The average Bonchev–Trinajstić information content (AvgIpc) is 2.54. The number of thiocarbonyl (C=S) groups is 1. The molecule has 1 heterocycles. The lowest BCUT2D eigenvalue weighted by molar-refractivity contribution is -0.908. The van der Waals surface area contributed by atoms with E-state index in [0.29, 0.717) is 17.2 Å². The normalized spacial score (nSPS) is 15.5. The van der Waals surface area contributed by atoms with Crippen molar-refractivity contribution in [1.29, 1.82) is 0 Å². The Morgan fingerprint density at radius 3 is 2.82 bits per heavy atom. The van der Waals surface area contributed by atoms with Crippen LogP contribution in [0.4, 0.5) is 4.39 Å². The van der Waals surface area contributed by atoms with Gasteiger partial charge in [-0.1, -0.05) is 18.2 Å². The lowest BCUT2D eigenvalue weighted by Crippen LogP contribution is -3.14. The van der Waals surface area contributed by atoms with Crippen molar-refractivity contribution in [1.82, 2.24) is 10.2 Å². The molecule has 0 saturated carbocycles. The van der Waals surface area contributed by atoms with Crippen LogP contribution in [0, 0.1) is 5.82 Å². The summed E-state index contributed by atoms with van der Waals surface area (Å²) in [7, 11) is 1.88. The molecule has 1 aliphatic rings. The summed E-state index contributed by atoms with van der Waals surface area (Å²) in [4.78, 5) is 3.47. The lowest BCUT2D eigenvalue weighted by Gasteiger charge is -2.24. The topological polar surface area (TPSA) is 28.9 Å². The van der Waals surface area contributed by atoms with Gasteiger partial charge in [-0.25, -0.2) is 4.39 Å². The zero-order valence-corrected chi connectivity index (χ0v) is 13.9. The number of nitrogens with one attached hydrogen (secondary N) is 2. The zero-order chi connectivity index (χ0) is 15.8. The fraction of sp³-hybridized carbons (Fsp3) is 0.562. The van der Waals surface area contributed by atoms with Crippen LogP contribution in [0.3, 0.4) is 0 Å². The summed E-state index contributed by atoms with van der Waals surface area (Å²) in [6.07, 6.45) is 1.07. The molecule has 22 heavy (non-hydrogen) atoms. The first-order chi connectivity index (χ1) is 10.7. The fourth-order valence-electron chi connectivity index (χ4n) is 2.53. The van der Waals surface area contributed by atoms with Crippen LogP contribution in [-0.4, -0.2) is 56.5 Å². The zero-order valence-electron chi connectivity index (χ0n) is 13.1.